The normalized spacial score (nSPS) is 28.3. The first-order valence-corrected chi connectivity index (χ1v) is 6.01. The molecule has 0 amide bonds. The molecule has 1 saturated heterocycles. The molecule has 0 aliphatic carbocycles. The van der Waals surface area contributed by atoms with Crippen molar-refractivity contribution in [2.24, 2.45) is 5.73 Å². The molecule has 13 heavy (non-hydrogen) atoms. The molecular formula is C8H18N2O2S. The SMILES string of the molecule is NC1CCCN(CCS(=O)O)CC1. The molecule has 5 heteroatoms. The smallest absolute Gasteiger partial charge is 0.154 e. The van der Waals surface area contributed by atoms with E-state index in [2.05, 4.69) is 4.90 Å². The molecule has 0 spiro atoms. The Bertz CT molecular complexity index is 178. The van der Waals surface area contributed by atoms with Gasteiger partial charge < -0.3 is 15.2 Å². The number of hydrogen-bond acceptors (Lipinski definition) is 3. The van der Waals surface area contributed by atoms with Gasteiger partial charge in [0.2, 0.25) is 0 Å². The van der Waals surface area contributed by atoms with Crippen molar-refractivity contribution in [3.05, 3.63) is 0 Å². The molecule has 4 nitrogen and oxygen atoms in total. The standard InChI is InChI=1S/C8H18N2O2S/c9-8-2-1-4-10(5-3-8)6-7-13(11)12/h8H,1-7,9H2,(H,11,12). The van der Waals surface area contributed by atoms with Gasteiger partial charge in [-0.1, -0.05) is 0 Å². The van der Waals surface area contributed by atoms with Crippen LogP contribution < -0.4 is 5.73 Å². The molecule has 78 valence electrons. The fourth-order valence-corrected chi connectivity index (χ4v) is 2.03. The van der Waals surface area contributed by atoms with Crippen molar-refractivity contribution in [1.82, 2.24) is 4.90 Å². The molecule has 0 aromatic carbocycles. The monoisotopic (exact) mass is 206 g/mol. The lowest BCUT2D eigenvalue weighted by Crippen LogP contribution is -2.30. The molecule has 1 aliphatic heterocycles. The summed E-state index contributed by atoms with van der Waals surface area (Å²) >= 11 is -1.65. The fraction of sp³-hybridized carbons (Fsp3) is 1.00. The maximum absolute atomic E-state index is 10.5. The van der Waals surface area contributed by atoms with Gasteiger partial charge in [0.1, 0.15) is 0 Å². The zero-order valence-corrected chi connectivity index (χ0v) is 8.63. The van der Waals surface area contributed by atoms with Crippen LogP contribution in [-0.4, -0.2) is 45.1 Å². The Kier molecular flexibility index (Phi) is 4.87. The van der Waals surface area contributed by atoms with E-state index in [1.54, 1.807) is 0 Å². The van der Waals surface area contributed by atoms with E-state index >= 15 is 0 Å². The summed E-state index contributed by atoms with van der Waals surface area (Å²) in [5.74, 6) is 0.356. The molecule has 3 N–H and O–H groups in total. The summed E-state index contributed by atoms with van der Waals surface area (Å²) in [4.78, 5) is 2.22. The van der Waals surface area contributed by atoms with Crippen LogP contribution in [0.3, 0.4) is 0 Å². The Balaban J connectivity index is 2.22. The van der Waals surface area contributed by atoms with E-state index in [0.717, 1.165) is 38.9 Å². The molecule has 0 bridgehead atoms. The minimum absolute atomic E-state index is 0.324. The minimum atomic E-state index is -1.65. The van der Waals surface area contributed by atoms with E-state index in [1.807, 2.05) is 0 Å². The molecule has 1 aliphatic rings. The molecule has 2 atom stereocenters. The lowest BCUT2D eigenvalue weighted by Gasteiger charge is -2.18. The molecule has 2 unspecified atom stereocenters. The van der Waals surface area contributed by atoms with Crippen molar-refractivity contribution in [1.29, 1.82) is 0 Å². The highest BCUT2D eigenvalue weighted by Gasteiger charge is 2.13. The number of hydrogen-bond donors (Lipinski definition) is 2. The van der Waals surface area contributed by atoms with E-state index in [4.69, 9.17) is 10.3 Å². The fourth-order valence-electron chi connectivity index (χ4n) is 1.61. The Morgan fingerprint density at radius 3 is 2.92 bits per heavy atom. The van der Waals surface area contributed by atoms with Gasteiger partial charge in [0, 0.05) is 12.6 Å². The predicted molar refractivity (Wildman–Crippen MR) is 53.9 cm³/mol. The zero-order chi connectivity index (χ0) is 9.68. The Hall–Kier alpha value is 0.0300. The molecule has 1 fully saturated rings. The highest BCUT2D eigenvalue weighted by atomic mass is 32.2. The number of rotatable bonds is 3. The first-order valence-electron chi connectivity index (χ1n) is 4.74. The summed E-state index contributed by atoms with van der Waals surface area (Å²) in [5, 5.41) is 0. The predicted octanol–water partition coefficient (Wildman–Crippen LogP) is 0.0213. The van der Waals surface area contributed by atoms with Crippen LogP contribution in [0, 0.1) is 0 Å². The molecule has 1 rings (SSSR count). The second-order valence-electron chi connectivity index (χ2n) is 3.56. The van der Waals surface area contributed by atoms with E-state index in [9.17, 15) is 4.21 Å². The Morgan fingerprint density at radius 2 is 2.23 bits per heavy atom. The third kappa shape index (κ3) is 4.71. The Morgan fingerprint density at radius 1 is 1.46 bits per heavy atom. The van der Waals surface area contributed by atoms with Gasteiger partial charge in [-0.2, -0.15) is 0 Å². The van der Waals surface area contributed by atoms with Crippen LogP contribution in [-0.2, 0) is 11.1 Å². The van der Waals surface area contributed by atoms with Crippen LogP contribution >= 0.6 is 0 Å². The van der Waals surface area contributed by atoms with E-state index < -0.39 is 11.1 Å². The lowest BCUT2D eigenvalue weighted by molar-refractivity contribution is 0.299. The second-order valence-corrected chi connectivity index (χ2v) is 4.61. The van der Waals surface area contributed by atoms with Crippen molar-refractivity contribution < 1.29 is 8.76 Å². The summed E-state index contributed by atoms with van der Waals surface area (Å²) in [6.45, 7) is 2.71. The summed E-state index contributed by atoms with van der Waals surface area (Å²) < 4.78 is 19.1. The molecule has 0 radical (unpaired) electrons. The van der Waals surface area contributed by atoms with Gasteiger partial charge in [-0.05, 0) is 32.4 Å². The first kappa shape index (κ1) is 11.1. The molecule has 0 aromatic rings. The van der Waals surface area contributed by atoms with Crippen LogP contribution in [0.2, 0.25) is 0 Å². The van der Waals surface area contributed by atoms with Gasteiger partial charge in [-0.15, -0.1) is 0 Å². The van der Waals surface area contributed by atoms with Crippen LogP contribution in [0.4, 0.5) is 0 Å². The third-order valence-corrected chi connectivity index (χ3v) is 2.98. The summed E-state index contributed by atoms with van der Waals surface area (Å²) in [6, 6.07) is 0.324. The molecule has 1 heterocycles. The van der Waals surface area contributed by atoms with Gasteiger partial charge in [0.25, 0.3) is 0 Å². The average Bonchev–Trinajstić information content (AvgIpc) is 2.27. The number of nitrogens with zero attached hydrogens (tertiary/aromatic N) is 1. The molecule has 0 saturated carbocycles. The maximum atomic E-state index is 10.5. The lowest BCUT2D eigenvalue weighted by atomic mass is 10.1. The van der Waals surface area contributed by atoms with E-state index in [0.29, 0.717) is 11.8 Å². The van der Waals surface area contributed by atoms with E-state index in [-0.39, 0.29) is 0 Å². The van der Waals surface area contributed by atoms with Crippen LogP contribution in [0.1, 0.15) is 19.3 Å². The first-order chi connectivity index (χ1) is 6.18. The Labute approximate surface area is 81.8 Å². The molecular weight excluding hydrogens is 188 g/mol. The van der Waals surface area contributed by atoms with Crippen molar-refractivity contribution >= 4 is 11.1 Å². The summed E-state index contributed by atoms with van der Waals surface area (Å²) in [7, 11) is 0. The second kappa shape index (κ2) is 5.70. The van der Waals surface area contributed by atoms with Gasteiger partial charge in [-0.3, -0.25) is 0 Å². The van der Waals surface area contributed by atoms with E-state index in [1.165, 1.54) is 0 Å². The number of nitrogens with two attached hydrogens (primary N) is 1. The van der Waals surface area contributed by atoms with Gasteiger partial charge in [-0.25, -0.2) is 4.21 Å². The van der Waals surface area contributed by atoms with Crippen molar-refractivity contribution in [3.63, 3.8) is 0 Å². The van der Waals surface area contributed by atoms with Crippen LogP contribution in [0.15, 0.2) is 0 Å². The average molecular weight is 206 g/mol. The minimum Gasteiger partial charge on any atom is -0.328 e. The maximum Gasteiger partial charge on any atom is 0.154 e. The van der Waals surface area contributed by atoms with Gasteiger partial charge in [0.05, 0.1) is 5.75 Å². The van der Waals surface area contributed by atoms with Gasteiger partial charge >= 0.3 is 0 Å². The number of likely N-dealkylation sites (tertiary alicyclic amines) is 1. The van der Waals surface area contributed by atoms with Crippen LogP contribution in [0.5, 0.6) is 0 Å². The summed E-state index contributed by atoms with van der Waals surface area (Å²) in [6.07, 6.45) is 3.20. The zero-order valence-electron chi connectivity index (χ0n) is 7.82. The van der Waals surface area contributed by atoms with Crippen LogP contribution in [0.25, 0.3) is 0 Å². The highest BCUT2D eigenvalue weighted by Crippen LogP contribution is 2.08. The van der Waals surface area contributed by atoms with Crippen molar-refractivity contribution in [2.75, 3.05) is 25.4 Å². The largest absolute Gasteiger partial charge is 0.328 e. The topological polar surface area (TPSA) is 66.6 Å². The van der Waals surface area contributed by atoms with Gasteiger partial charge in [0.15, 0.2) is 11.1 Å². The third-order valence-electron chi connectivity index (χ3n) is 2.45. The summed E-state index contributed by atoms with van der Waals surface area (Å²) in [5.41, 5.74) is 5.82. The quantitative estimate of drug-likeness (QED) is 0.639. The molecule has 0 aromatic heterocycles. The highest BCUT2D eigenvalue weighted by molar-refractivity contribution is 7.79. The van der Waals surface area contributed by atoms with Crippen molar-refractivity contribution in [3.8, 4) is 0 Å². The van der Waals surface area contributed by atoms with Crippen molar-refractivity contribution in [2.45, 2.75) is 25.3 Å².